The molecule has 2 rings (SSSR count). The smallest absolute Gasteiger partial charge is 0.406 e. The molecule has 0 unspecified atom stereocenters. The number of alkyl halides is 3. The molecule has 3 amide bonds. The molecule has 0 saturated heterocycles. The Morgan fingerprint density at radius 2 is 1.60 bits per heavy atom. The van der Waals surface area contributed by atoms with Gasteiger partial charge in [-0.2, -0.15) is 0 Å². The topological polar surface area (TPSA) is 80.3 Å². The van der Waals surface area contributed by atoms with Gasteiger partial charge >= 0.3 is 12.4 Å². The minimum atomic E-state index is -4.82. The Morgan fingerprint density at radius 3 is 2.12 bits per heavy atom. The molecule has 0 spiro atoms. The van der Waals surface area contributed by atoms with Crippen LogP contribution in [0, 0.1) is 0 Å². The first kappa shape index (κ1) is 18.8. The van der Waals surface area contributed by atoms with E-state index < -0.39 is 24.1 Å². The van der Waals surface area contributed by atoms with E-state index in [1.54, 1.807) is 0 Å². The number of carbonyl (C=O) groups is 2. The summed E-state index contributed by atoms with van der Waals surface area (Å²) in [5.41, 5.74) is -0.00541. The van der Waals surface area contributed by atoms with Crippen LogP contribution < -0.4 is 15.4 Å². The molecule has 0 aliphatic rings. The van der Waals surface area contributed by atoms with Crippen LogP contribution in [0.3, 0.4) is 0 Å². The third-order valence-electron chi connectivity index (χ3n) is 2.65. The highest BCUT2D eigenvalue weighted by atomic mass is 35.5. The standard InChI is InChI=1S/C14H8Cl2F3N3O3/c15-9-5-20-6-10(16)11(9)12(23)22-13(24)21-7-1-3-8(4-2-7)25-14(17,18)19/h1-6H,(H2,21,22,23,24). The van der Waals surface area contributed by atoms with Gasteiger partial charge in [0.15, 0.2) is 0 Å². The molecule has 0 aliphatic heterocycles. The Balaban J connectivity index is 1.99. The fraction of sp³-hybridized carbons (Fsp3) is 0.0714. The molecule has 2 N–H and O–H groups in total. The number of pyridine rings is 1. The van der Waals surface area contributed by atoms with Crippen molar-refractivity contribution in [2.45, 2.75) is 6.36 Å². The number of halogens is 5. The Kier molecular flexibility index (Phi) is 5.70. The van der Waals surface area contributed by atoms with Gasteiger partial charge in [-0.1, -0.05) is 23.2 Å². The number of amides is 3. The van der Waals surface area contributed by atoms with Gasteiger partial charge in [-0.05, 0) is 24.3 Å². The highest BCUT2D eigenvalue weighted by molar-refractivity contribution is 6.39. The van der Waals surface area contributed by atoms with E-state index in [1.807, 2.05) is 5.32 Å². The molecule has 0 atom stereocenters. The zero-order valence-corrected chi connectivity index (χ0v) is 13.5. The van der Waals surface area contributed by atoms with Crippen LogP contribution in [-0.4, -0.2) is 23.3 Å². The monoisotopic (exact) mass is 393 g/mol. The van der Waals surface area contributed by atoms with Gasteiger partial charge in [0.1, 0.15) is 5.75 Å². The molecule has 0 bridgehead atoms. The second kappa shape index (κ2) is 7.58. The molecule has 25 heavy (non-hydrogen) atoms. The van der Waals surface area contributed by atoms with Gasteiger partial charge in [0.05, 0.1) is 15.6 Å². The van der Waals surface area contributed by atoms with Crippen molar-refractivity contribution >= 4 is 40.8 Å². The Labute approximate surface area is 148 Å². The van der Waals surface area contributed by atoms with Crippen molar-refractivity contribution < 1.29 is 27.5 Å². The van der Waals surface area contributed by atoms with Crippen molar-refractivity contribution in [2.24, 2.45) is 0 Å². The average Bonchev–Trinajstić information content (AvgIpc) is 2.47. The number of rotatable bonds is 3. The van der Waals surface area contributed by atoms with Crippen molar-refractivity contribution in [3.05, 3.63) is 52.3 Å². The van der Waals surface area contributed by atoms with Crippen LogP contribution in [0.1, 0.15) is 10.4 Å². The number of nitrogens with one attached hydrogen (secondary N) is 2. The van der Waals surface area contributed by atoms with Gasteiger partial charge in [0, 0.05) is 18.1 Å². The van der Waals surface area contributed by atoms with Crippen molar-refractivity contribution in [2.75, 3.05) is 5.32 Å². The third-order valence-corrected chi connectivity index (χ3v) is 3.23. The lowest BCUT2D eigenvalue weighted by molar-refractivity contribution is -0.274. The Hall–Kier alpha value is -2.52. The number of carbonyl (C=O) groups excluding carboxylic acids is 2. The molecule has 0 radical (unpaired) electrons. The van der Waals surface area contributed by atoms with Gasteiger partial charge < -0.3 is 10.1 Å². The number of nitrogens with zero attached hydrogens (tertiary/aromatic N) is 1. The normalized spacial score (nSPS) is 10.9. The minimum absolute atomic E-state index is 0.0496. The largest absolute Gasteiger partial charge is 0.573 e. The summed E-state index contributed by atoms with van der Waals surface area (Å²) < 4.78 is 39.9. The van der Waals surface area contributed by atoms with E-state index in [0.717, 1.165) is 24.3 Å². The number of benzene rings is 1. The highest BCUT2D eigenvalue weighted by Crippen LogP contribution is 2.24. The summed E-state index contributed by atoms with van der Waals surface area (Å²) in [4.78, 5) is 27.4. The van der Waals surface area contributed by atoms with Crippen LogP contribution in [0.4, 0.5) is 23.7 Å². The van der Waals surface area contributed by atoms with Crippen molar-refractivity contribution in [1.82, 2.24) is 10.3 Å². The van der Waals surface area contributed by atoms with Crippen molar-refractivity contribution in [1.29, 1.82) is 0 Å². The lowest BCUT2D eigenvalue weighted by Crippen LogP contribution is -2.34. The lowest BCUT2D eigenvalue weighted by Gasteiger charge is -2.10. The fourth-order valence-corrected chi connectivity index (χ4v) is 2.23. The van der Waals surface area contributed by atoms with Crippen molar-refractivity contribution in [3.8, 4) is 5.75 Å². The van der Waals surface area contributed by atoms with Crippen LogP contribution in [0.15, 0.2) is 36.7 Å². The molecule has 11 heteroatoms. The lowest BCUT2D eigenvalue weighted by atomic mass is 10.2. The summed E-state index contributed by atoms with van der Waals surface area (Å²) in [7, 11) is 0. The van der Waals surface area contributed by atoms with Crippen LogP contribution in [0.5, 0.6) is 5.75 Å². The molecule has 1 heterocycles. The average molecular weight is 394 g/mol. The summed E-state index contributed by atoms with van der Waals surface area (Å²) in [6, 6.07) is 3.40. The summed E-state index contributed by atoms with van der Waals surface area (Å²) >= 11 is 11.6. The first-order chi connectivity index (χ1) is 11.7. The van der Waals surface area contributed by atoms with Crippen molar-refractivity contribution in [3.63, 3.8) is 0 Å². The van der Waals surface area contributed by atoms with E-state index in [9.17, 15) is 22.8 Å². The maximum Gasteiger partial charge on any atom is 0.573 e. The van der Waals surface area contributed by atoms with Crippen LogP contribution >= 0.6 is 23.2 Å². The Bertz CT molecular complexity index is 778. The fourth-order valence-electron chi connectivity index (χ4n) is 1.70. The van der Waals surface area contributed by atoms with Gasteiger partial charge in [-0.25, -0.2) is 4.79 Å². The molecule has 0 saturated carbocycles. The number of ether oxygens (including phenoxy) is 1. The summed E-state index contributed by atoms with van der Waals surface area (Å²) in [5.74, 6) is -1.32. The first-order valence-electron chi connectivity index (χ1n) is 6.43. The molecule has 1 aromatic carbocycles. The van der Waals surface area contributed by atoms with E-state index in [2.05, 4.69) is 15.0 Å². The zero-order chi connectivity index (χ0) is 18.6. The van der Waals surface area contributed by atoms with Gasteiger partial charge in [0.2, 0.25) is 0 Å². The molecule has 0 aliphatic carbocycles. The quantitative estimate of drug-likeness (QED) is 0.816. The molecule has 6 nitrogen and oxygen atoms in total. The molecule has 132 valence electrons. The van der Waals surface area contributed by atoms with Crippen LogP contribution in [0.25, 0.3) is 0 Å². The zero-order valence-electron chi connectivity index (χ0n) is 12.0. The maximum absolute atomic E-state index is 12.1. The number of anilines is 1. The van der Waals surface area contributed by atoms with Crippen LogP contribution in [-0.2, 0) is 0 Å². The van der Waals surface area contributed by atoms with E-state index in [4.69, 9.17) is 23.2 Å². The number of urea groups is 1. The predicted molar refractivity (Wildman–Crippen MR) is 83.9 cm³/mol. The number of hydrogen-bond acceptors (Lipinski definition) is 4. The minimum Gasteiger partial charge on any atom is -0.406 e. The van der Waals surface area contributed by atoms with E-state index in [0.29, 0.717) is 0 Å². The first-order valence-corrected chi connectivity index (χ1v) is 7.18. The molecule has 0 fully saturated rings. The predicted octanol–water partition coefficient (Wildman–Crippen LogP) is 4.25. The van der Waals surface area contributed by atoms with E-state index in [1.165, 1.54) is 12.4 Å². The molecule has 1 aromatic heterocycles. The second-order valence-corrected chi connectivity index (χ2v) is 5.27. The van der Waals surface area contributed by atoms with Crippen LogP contribution in [0.2, 0.25) is 10.0 Å². The Morgan fingerprint density at radius 1 is 1.04 bits per heavy atom. The maximum atomic E-state index is 12.1. The summed E-state index contributed by atoms with van der Waals surface area (Å²) in [5, 5.41) is 4.15. The third kappa shape index (κ3) is 5.50. The van der Waals surface area contributed by atoms with Gasteiger partial charge in [-0.3, -0.25) is 15.1 Å². The second-order valence-electron chi connectivity index (χ2n) is 4.46. The molecular formula is C14H8Cl2F3N3O3. The van der Waals surface area contributed by atoms with Gasteiger partial charge in [0.25, 0.3) is 5.91 Å². The van der Waals surface area contributed by atoms with E-state index >= 15 is 0 Å². The molecule has 2 aromatic rings. The molecular weight excluding hydrogens is 386 g/mol. The summed E-state index contributed by atoms with van der Waals surface area (Å²) in [6.07, 6.45) is -2.46. The number of aromatic nitrogens is 1. The number of hydrogen-bond donors (Lipinski definition) is 2. The summed E-state index contributed by atoms with van der Waals surface area (Å²) in [6.45, 7) is 0. The van der Waals surface area contributed by atoms with E-state index in [-0.39, 0.29) is 21.3 Å². The number of imide groups is 1. The SMILES string of the molecule is O=C(NC(=O)c1c(Cl)cncc1Cl)Nc1ccc(OC(F)(F)F)cc1. The highest BCUT2D eigenvalue weighted by Gasteiger charge is 2.31. The van der Waals surface area contributed by atoms with Gasteiger partial charge in [-0.15, -0.1) is 13.2 Å².